The van der Waals surface area contributed by atoms with Gasteiger partial charge in [0.15, 0.2) is 0 Å². The van der Waals surface area contributed by atoms with Crippen LogP contribution in [0.5, 0.6) is 5.75 Å². The molecule has 1 aromatic heterocycles. The van der Waals surface area contributed by atoms with Crippen molar-refractivity contribution in [3.8, 4) is 11.8 Å². The topological polar surface area (TPSA) is 66.2 Å². The third-order valence-electron chi connectivity index (χ3n) is 3.98. The van der Waals surface area contributed by atoms with Crippen LogP contribution in [0.2, 0.25) is 0 Å². The Morgan fingerprint density at radius 3 is 2.71 bits per heavy atom. The van der Waals surface area contributed by atoms with E-state index in [4.69, 9.17) is 10.00 Å². The largest absolute Gasteiger partial charge is 0.490 e. The second-order valence-electron chi connectivity index (χ2n) is 5.58. The predicted molar refractivity (Wildman–Crippen MR) is 92.6 cm³/mol. The van der Waals surface area contributed by atoms with Gasteiger partial charge in [-0.3, -0.25) is 9.78 Å². The molecule has 24 heavy (non-hydrogen) atoms. The number of piperidine rings is 1. The molecule has 6 heteroatoms. The number of rotatable bonds is 3. The maximum absolute atomic E-state index is 12.4. The zero-order valence-electron chi connectivity index (χ0n) is 13.0. The molecule has 0 spiro atoms. The number of hydrogen-bond acceptors (Lipinski definition) is 4. The lowest BCUT2D eigenvalue weighted by Crippen LogP contribution is -2.42. The van der Waals surface area contributed by atoms with Crippen LogP contribution in [-0.4, -0.2) is 35.0 Å². The minimum absolute atomic E-state index is 0.0323. The summed E-state index contributed by atoms with van der Waals surface area (Å²) in [5, 5.41) is 8.94. The average molecular weight is 386 g/mol. The van der Waals surface area contributed by atoms with Gasteiger partial charge >= 0.3 is 0 Å². The number of carbonyl (C=O) groups excluding carboxylic acids is 1. The van der Waals surface area contributed by atoms with Crippen LogP contribution in [0.25, 0.3) is 0 Å². The average Bonchev–Trinajstić information content (AvgIpc) is 2.63. The summed E-state index contributed by atoms with van der Waals surface area (Å²) in [5.41, 5.74) is 1.06. The van der Waals surface area contributed by atoms with E-state index in [9.17, 15) is 4.79 Å². The Labute approximate surface area is 149 Å². The summed E-state index contributed by atoms with van der Waals surface area (Å²) >= 11 is 3.36. The highest BCUT2D eigenvalue weighted by molar-refractivity contribution is 9.10. The summed E-state index contributed by atoms with van der Waals surface area (Å²) in [4.78, 5) is 18.3. The molecule has 122 valence electrons. The van der Waals surface area contributed by atoms with E-state index >= 15 is 0 Å². The molecular formula is C18H16BrN3O2. The highest BCUT2D eigenvalue weighted by Crippen LogP contribution is 2.25. The zero-order valence-corrected chi connectivity index (χ0v) is 14.6. The van der Waals surface area contributed by atoms with Crippen molar-refractivity contribution in [3.63, 3.8) is 0 Å². The van der Waals surface area contributed by atoms with Gasteiger partial charge in [0.05, 0.1) is 5.56 Å². The molecule has 5 nitrogen and oxygen atoms in total. The quantitative estimate of drug-likeness (QED) is 0.811. The molecule has 1 aliphatic heterocycles. The molecule has 0 aliphatic carbocycles. The van der Waals surface area contributed by atoms with Crippen molar-refractivity contribution in [1.29, 1.82) is 5.26 Å². The summed E-state index contributed by atoms with van der Waals surface area (Å²) in [6.07, 6.45) is 3.25. The van der Waals surface area contributed by atoms with Crippen LogP contribution in [0, 0.1) is 11.3 Å². The Balaban J connectivity index is 1.57. The molecule has 0 N–H and O–H groups in total. The molecule has 0 unspecified atom stereocenters. The van der Waals surface area contributed by atoms with E-state index in [0.717, 1.165) is 23.1 Å². The maximum Gasteiger partial charge on any atom is 0.272 e. The molecule has 0 saturated carbocycles. The summed E-state index contributed by atoms with van der Waals surface area (Å²) in [6, 6.07) is 12.8. The van der Waals surface area contributed by atoms with Crippen molar-refractivity contribution in [2.75, 3.05) is 13.1 Å². The lowest BCUT2D eigenvalue weighted by Gasteiger charge is -2.32. The van der Waals surface area contributed by atoms with Crippen LogP contribution in [0.1, 0.15) is 28.9 Å². The van der Waals surface area contributed by atoms with E-state index in [0.29, 0.717) is 24.3 Å². The molecule has 1 aromatic carbocycles. The molecule has 2 aromatic rings. The minimum Gasteiger partial charge on any atom is -0.490 e. The van der Waals surface area contributed by atoms with Gasteiger partial charge in [0, 0.05) is 36.6 Å². The first-order valence-electron chi connectivity index (χ1n) is 7.74. The number of aromatic nitrogens is 1. The summed E-state index contributed by atoms with van der Waals surface area (Å²) in [7, 11) is 0. The Morgan fingerprint density at radius 2 is 2.08 bits per heavy atom. The van der Waals surface area contributed by atoms with Crippen molar-refractivity contribution in [2.45, 2.75) is 18.9 Å². The van der Waals surface area contributed by atoms with Crippen molar-refractivity contribution in [2.24, 2.45) is 0 Å². The number of carbonyl (C=O) groups is 1. The van der Waals surface area contributed by atoms with Crippen molar-refractivity contribution >= 4 is 21.8 Å². The van der Waals surface area contributed by atoms with Crippen LogP contribution >= 0.6 is 15.9 Å². The van der Waals surface area contributed by atoms with Gasteiger partial charge in [-0.1, -0.05) is 6.07 Å². The second-order valence-corrected chi connectivity index (χ2v) is 6.43. The minimum atomic E-state index is -0.0323. The number of benzene rings is 1. The fourth-order valence-electron chi connectivity index (χ4n) is 2.68. The van der Waals surface area contributed by atoms with E-state index < -0.39 is 0 Å². The van der Waals surface area contributed by atoms with Crippen LogP contribution < -0.4 is 4.74 Å². The number of likely N-dealkylation sites (tertiary alicyclic amines) is 1. The van der Waals surface area contributed by atoms with Crippen LogP contribution in [0.3, 0.4) is 0 Å². The molecular weight excluding hydrogens is 370 g/mol. The number of nitrogens with zero attached hydrogens (tertiary/aromatic N) is 3. The Kier molecular flexibility index (Phi) is 5.11. The van der Waals surface area contributed by atoms with E-state index in [1.807, 2.05) is 17.0 Å². The van der Waals surface area contributed by atoms with E-state index in [2.05, 4.69) is 27.0 Å². The normalized spacial score (nSPS) is 14.9. The van der Waals surface area contributed by atoms with E-state index in [-0.39, 0.29) is 12.0 Å². The van der Waals surface area contributed by atoms with Gasteiger partial charge in [-0.2, -0.15) is 5.26 Å². The van der Waals surface area contributed by atoms with Crippen LogP contribution in [-0.2, 0) is 0 Å². The first-order chi connectivity index (χ1) is 11.7. The molecule has 1 aliphatic rings. The molecule has 1 fully saturated rings. The van der Waals surface area contributed by atoms with Crippen molar-refractivity contribution in [1.82, 2.24) is 9.88 Å². The number of hydrogen-bond donors (Lipinski definition) is 0. The molecule has 0 radical (unpaired) electrons. The van der Waals surface area contributed by atoms with Crippen LogP contribution in [0.15, 0.2) is 47.1 Å². The van der Waals surface area contributed by atoms with Crippen molar-refractivity contribution in [3.05, 3.63) is 58.3 Å². The van der Waals surface area contributed by atoms with E-state index in [1.165, 1.54) is 0 Å². The van der Waals surface area contributed by atoms with Gasteiger partial charge in [-0.15, -0.1) is 0 Å². The number of nitriles is 1. The van der Waals surface area contributed by atoms with Gasteiger partial charge < -0.3 is 9.64 Å². The van der Waals surface area contributed by atoms with E-state index in [1.54, 1.807) is 30.5 Å². The lowest BCUT2D eigenvalue weighted by molar-refractivity contribution is 0.0590. The molecule has 0 bridgehead atoms. The molecule has 2 heterocycles. The zero-order chi connectivity index (χ0) is 16.9. The lowest BCUT2D eigenvalue weighted by atomic mass is 10.1. The van der Waals surface area contributed by atoms with Crippen LogP contribution in [0.4, 0.5) is 0 Å². The summed E-state index contributed by atoms with van der Waals surface area (Å²) in [6.45, 7) is 1.30. The smallest absolute Gasteiger partial charge is 0.272 e. The first-order valence-corrected chi connectivity index (χ1v) is 8.53. The highest BCUT2D eigenvalue weighted by atomic mass is 79.9. The molecule has 3 rings (SSSR count). The number of ether oxygens (including phenoxy) is 1. The maximum atomic E-state index is 12.4. The van der Waals surface area contributed by atoms with Gasteiger partial charge in [-0.25, -0.2) is 0 Å². The second kappa shape index (κ2) is 7.45. The Hall–Kier alpha value is -2.39. The fraction of sp³-hybridized carbons (Fsp3) is 0.278. The number of halogens is 1. The molecule has 1 saturated heterocycles. The summed E-state index contributed by atoms with van der Waals surface area (Å²) < 4.78 is 6.70. The Bertz CT molecular complexity index is 766. The van der Waals surface area contributed by atoms with Gasteiger partial charge in [-0.05, 0) is 46.3 Å². The molecule has 1 amide bonds. The SMILES string of the molecule is N#Cc1ccc(OC2CCN(C(=O)c3ccccn3)CC2)cc1Br. The Morgan fingerprint density at radius 1 is 1.29 bits per heavy atom. The standard InChI is InChI=1S/C18H16BrN3O2/c19-16-11-15(5-4-13(16)12-20)24-14-6-9-22(10-7-14)18(23)17-3-1-2-8-21-17/h1-5,8,11,14H,6-7,9-10H2. The fourth-order valence-corrected chi connectivity index (χ4v) is 3.13. The monoisotopic (exact) mass is 385 g/mol. The third-order valence-corrected chi connectivity index (χ3v) is 4.63. The molecule has 0 atom stereocenters. The van der Waals surface area contributed by atoms with Crippen molar-refractivity contribution < 1.29 is 9.53 Å². The predicted octanol–water partition coefficient (Wildman–Crippen LogP) is 3.40. The number of pyridine rings is 1. The third kappa shape index (κ3) is 3.74. The summed E-state index contributed by atoms with van der Waals surface area (Å²) in [5.74, 6) is 0.700. The van der Waals surface area contributed by atoms with Gasteiger partial charge in [0.2, 0.25) is 0 Å². The van der Waals surface area contributed by atoms with Gasteiger partial charge in [0.25, 0.3) is 5.91 Å². The van der Waals surface area contributed by atoms with Gasteiger partial charge in [0.1, 0.15) is 23.6 Å². The number of amides is 1. The first kappa shape index (κ1) is 16.5. The highest BCUT2D eigenvalue weighted by Gasteiger charge is 2.25.